The highest BCUT2D eigenvalue weighted by molar-refractivity contribution is 7.10. The molecule has 2 aromatic rings. The van der Waals surface area contributed by atoms with Gasteiger partial charge in [-0.25, -0.2) is 0 Å². The van der Waals surface area contributed by atoms with Crippen LogP contribution >= 0.6 is 11.3 Å². The third-order valence-electron chi connectivity index (χ3n) is 3.41. The van der Waals surface area contributed by atoms with Crippen LogP contribution in [0.25, 0.3) is 0 Å². The van der Waals surface area contributed by atoms with E-state index in [4.69, 9.17) is 0 Å². The Bertz CT molecular complexity index is 497. The molecule has 18 heavy (non-hydrogen) atoms. The van der Waals surface area contributed by atoms with Crippen molar-refractivity contribution in [2.45, 2.75) is 32.7 Å². The Morgan fingerprint density at radius 1 is 1.44 bits per heavy atom. The second kappa shape index (κ2) is 5.24. The molecular formula is C14H21N3S. The molecule has 0 saturated heterocycles. The molecule has 98 valence electrons. The van der Waals surface area contributed by atoms with Gasteiger partial charge in [0.1, 0.15) is 0 Å². The minimum Gasteiger partial charge on any atom is -0.312 e. The number of aryl methyl sites for hydroxylation is 1. The third-order valence-corrected chi connectivity index (χ3v) is 4.64. The molecule has 0 fully saturated rings. The van der Waals surface area contributed by atoms with E-state index in [-0.39, 0.29) is 5.41 Å². The van der Waals surface area contributed by atoms with Gasteiger partial charge in [0.25, 0.3) is 0 Å². The number of aromatic nitrogens is 2. The number of nitrogens with one attached hydrogen (secondary N) is 1. The van der Waals surface area contributed by atoms with E-state index in [0.717, 1.165) is 13.1 Å². The van der Waals surface area contributed by atoms with Crippen molar-refractivity contribution in [3.63, 3.8) is 0 Å². The predicted octanol–water partition coefficient (Wildman–Crippen LogP) is 2.86. The van der Waals surface area contributed by atoms with Gasteiger partial charge in [-0.2, -0.15) is 5.10 Å². The van der Waals surface area contributed by atoms with Gasteiger partial charge in [-0.3, -0.25) is 4.68 Å². The first-order chi connectivity index (χ1) is 8.50. The maximum atomic E-state index is 4.26. The van der Waals surface area contributed by atoms with Crippen LogP contribution in [0.5, 0.6) is 0 Å². The van der Waals surface area contributed by atoms with Crippen molar-refractivity contribution in [2.75, 3.05) is 6.54 Å². The lowest BCUT2D eigenvalue weighted by Gasteiger charge is -2.23. The number of hydrogen-bond acceptors (Lipinski definition) is 3. The van der Waals surface area contributed by atoms with Crippen molar-refractivity contribution in [3.05, 3.63) is 39.8 Å². The van der Waals surface area contributed by atoms with E-state index >= 15 is 0 Å². The molecular weight excluding hydrogens is 242 g/mol. The first-order valence-corrected chi connectivity index (χ1v) is 7.11. The van der Waals surface area contributed by atoms with Gasteiger partial charge in [-0.1, -0.05) is 19.9 Å². The minimum atomic E-state index is 0.185. The smallest absolute Gasteiger partial charge is 0.0537 e. The molecule has 4 heteroatoms. The summed E-state index contributed by atoms with van der Waals surface area (Å²) in [7, 11) is 1.98. The lowest BCUT2D eigenvalue weighted by atomic mass is 9.91. The summed E-state index contributed by atoms with van der Waals surface area (Å²) in [5, 5.41) is 9.94. The predicted molar refractivity (Wildman–Crippen MR) is 77.0 cm³/mol. The molecule has 0 unspecified atom stereocenters. The van der Waals surface area contributed by atoms with Gasteiger partial charge in [0, 0.05) is 41.7 Å². The largest absolute Gasteiger partial charge is 0.312 e. The van der Waals surface area contributed by atoms with Gasteiger partial charge in [0.15, 0.2) is 0 Å². The Hall–Kier alpha value is -1.13. The van der Waals surface area contributed by atoms with E-state index in [1.165, 1.54) is 16.1 Å². The molecule has 0 radical (unpaired) electrons. The summed E-state index contributed by atoms with van der Waals surface area (Å²) < 4.78 is 1.92. The van der Waals surface area contributed by atoms with Crippen molar-refractivity contribution in [1.29, 1.82) is 0 Å². The first kappa shape index (κ1) is 13.3. The molecule has 0 aliphatic heterocycles. The average Bonchev–Trinajstić information content (AvgIpc) is 2.94. The normalized spacial score (nSPS) is 12.0. The van der Waals surface area contributed by atoms with Crippen molar-refractivity contribution >= 4 is 11.3 Å². The molecule has 0 aliphatic rings. The van der Waals surface area contributed by atoms with E-state index in [2.05, 4.69) is 48.7 Å². The lowest BCUT2D eigenvalue weighted by molar-refractivity contribution is 0.476. The second-order valence-electron chi connectivity index (χ2n) is 5.34. The zero-order valence-corrected chi connectivity index (χ0v) is 12.3. The molecule has 0 aliphatic carbocycles. The number of nitrogens with zero attached hydrogens (tertiary/aromatic N) is 2. The fourth-order valence-corrected chi connectivity index (χ4v) is 2.83. The molecule has 0 saturated carbocycles. The van der Waals surface area contributed by atoms with Crippen LogP contribution in [-0.2, 0) is 19.0 Å². The first-order valence-electron chi connectivity index (χ1n) is 6.23. The summed E-state index contributed by atoms with van der Waals surface area (Å²) in [5.74, 6) is 0. The highest BCUT2D eigenvalue weighted by Gasteiger charge is 2.21. The van der Waals surface area contributed by atoms with E-state index in [1.54, 1.807) is 0 Å². The molecule has 3 nitrogen and oxygen atoms in total. The van der Waals surface area contributed by atoms with E-state index < -0.39 is 0 Å². The number of thiophene rings is 1. The standard InChI is InChI=1S/C14H21N3S/c1-11-12(9-16-17(11)4)8-15-10-14(2,3)13-6-5-7-18-13/h5-7,9,15H,8,10H2,1-4H3. The quantitative estimate of drug-likeness (QED) is 0.899. The van der Waals surface area contributed by atoms with Crippen LogP contribution in [0.1, 0.15) is 30.0 Å². The molecule has 0 spiro atoms. The van der Waals surface area contributed by atoms with Gasteiger partial charge in [0.2, 0.25) is 0 Å². The zero-order chi connectivity index (χ0) is 13.2. The Kier molecular flexibility index (Phi) is 3.88. The van der Waals surface area contributed by atoms with Crippen molar-refractivity contribution in [1.82, 2.24) is 15.1 Å². The van der Waals surface area contributed by atoms with Gasteiger partial charge >= 0.3 is 0 Å². The Morgan fingerprint density at radius 3 is 2.78 bits per heavy atom. The molecule has 0 aromatic carbocycles. The molecule has 2 heterocycles. The average molecular weight is 263 g/mol. The lowest BCUT2D eigenvalue weighted by Crippen LogP contribution is -2.32. The van der Waals surface area contributed by atoms with Crippen molar-refractivity contribution in [2.24, 2.45) is 7.05 Å². The highest BCUT2D eigenvalue weighted by atomic mass is 32.1. The molecule has 0 bridgehead atoms. The van der Waals surface area contributed by atoms with Gasteiger partial charge < -0.3 is 5.32 Å². The van der Waals surface area contributed by atoms with Gasteiger partial charge in [-0.05, 0) is 18.4 Å². The maximum absolute atomic E-state index is 4.26. The number of hydrogen-bond donors (Lipinski definition) is 1. The maximum Gasteiger partial charge on any atom is 0.0537 e. The molecule has 0 amide bonds. The van der Waals surface area contributed by atoms with E-state index in [9.17, 15) is 0 Å². The topological polar surface area (TPSA) is 29.9 Å². The highest BCUT2D eigenvalue weighted by Crippen LogP contribution is 2.26. The monoisotopic (exact) mass is 263 g/mol. The SMILES string of the molecule is Cc1c(CNCC(C)(C)c2cccs2)cnn1C. The van der Waals surface area contributed by atoms with Crippen LogP contribution in [0.2, 0.25) is 0 Å². The van der Waals surface area contributed by atoms with Gasteiger partial charge in [0.05, 0.1) is 6.20 Å². The van der Waals surface area contributed by atoms with Gasteiger partial charge in [-0.15, -0.1) is 11.3 Å². The fraction of sp³-hybridized carbons (Fsp3) is 0.500. The summed E-state index contributed by atoms with van der Waals surface area (Å²) in [6.07, 6.45) is 1.94. The second-order valence-corrected chi connectivity index (χ2v) is 6.29. The Labute approximate surface area is 113 Å². The number of rotatable bonds is 5. The minimum absolute atomic E-state index is 0.185. The molecule has 2 rings (SSSR count). The van der Waals surface area contributed by atoms with Crippen LogP contribution < -0.4 is 5.32 Å². The van der Waals surface area contributed by atoms with Crippen molar-refractivity contribution in [3.8, 4) is 0 Å². The molecule has 1 N–H and O–H groups in total. The summed E-state index contributed by atoms with van der Waals surface area (Å²) >= 11 is 1.83. The Balaban J connectivity index is 1.91. The summed E-state index contributed by atoms with van der Waals surface area (Å²) in [6.45, 7) is 8.52. The Morgan fingerprint density at radius 2 is 2.22 bits per heavy atom. The molecule has 2 aromatic heterocycles. The van der Waals surface area contributed by atoms with Crippen LogP contribution in [0.4, 0.5) is 0 Å². The van der Waals surface area contributed by atoms with Crippen molar-refractivity contribution < 1.29 is 0 Å². The summed E-state index contributed by atoms with van der Waals surface area (Å²) in [5.41, 5.74) is 2.69. The van der Waals surface area contributed by atoms with Crippen LogP contribution in [0.15, 0.2) is 23.7 Å². The summed E-state index contributed by atoms with van der Waals surface area (Å²) in [4.78, 5) is 1.43. The van der Waals surface area contributed by atoms with Crippen LogP contribution in [-0.4, -0.2) is 16.3 Å². The van der Waals surface area contributed by atoms with E-state index in [1.807, 2.05) is 29.3 Å². The van der Waals surface area contributed by atoms with Crippen LogP contribution in [0.3, 0.4) is 0 Å². The fourth-order valence-electron chi connectivity index (χ4n) is 1.98. The summed E-state index contributed by atoms with van der Waals surface area (Å²) in [6, 6.07) is 4.33. The zero-order valence-electron chi connectivity index (χ0n) is 11.5. The molecule has 0 atom stereocenters. The third kappa shape index (κ3) is 2.82. The van der Waals surface area contributed by atoms with Crippen LogP contribution in [0, 0.1) is 6.92 Å². The van der Waals surface area contributed by atoms with E-state index in [0.29, 0.717) is 0 Å².